The highest BCUT2D eigenvalue weighted by molar-refractivity contribution is 5.89. The molecule has 0 aromatic heterocycles. The number of hydrogen-bond acceptors (Lipinski definition) is 5. The maximum Gasteiger partial charge on any atom is 0.333 e. The van der Waals surface area contributed by atoms with Crippen molar-refractivity contribution >= 4 is 18.0 Å². The molecule has 0 spiro atoms. The fourth-order valence-electron chi connectivity index (χ4n) is 2.47. The van der Waals surface area contributed by atoms with Crippen LogP contribution in [0.15, 0.2) is 24.3 Å². The van der Waals surface area contributed by atoms with Gasteiger partial charge in [0, 0.05) is 31.3 Å². The van der Waals surface area contributed by atoms with Crippen molar-refractivity contribution in [3.63, 3.8) is 0 Å². The van der Waals surface area contributed by atoms with Crippen molar-refractivity contribution in [2.45, 2.75) is 19.3 Å². The molecule has 7 heteroatoms. The molecule has 0 unspecified atom stereocenters. The third kappa shape index (κ3) is 5.88. The van der Waals surface area contributed by atoms with Crippen LogP contribution in [0.3, 0.4) is 0 Å². The van der Waals surface area contributed by atoms with Gasteiger partial charge in [-0.05, 0) is 37.4 Å². The summed E-state index contributed by atoms with van der Waals surface area (Å²) in [6.45, 7) is 2.65. The van der Waals surface area contributed by atoms with Gasteiger partial charge in [-0.2, -0.15) is 0 Å². The third-order valence-electron chi connectivity index (χ3n) is 3.80. The molecule has 4 N–H and O–H groups in total. The molecule has 0 aliphatic carbocycles. The Morgan fingerprint density at radius 3 is 2.87 bits per heavy atom. The average Bonchev–Trinajstić information content (AvgIpc) is 2.56. The maximum absolute atomic E-state index is 12.0. The predicted molar refractivity (Wildman–Crippen MR) is 88.1 cm³/mol. The van der Waals surface area contributed by atoms with Crippen LogP contribution in [0.2, 0.25) is 0 Å². The van der Waals surface area contributed by atoms with E-state index in [2.05, 4.69) is 10.7 Å². The number of amides is 2. The molecule has 126 valence electrons. The van der Waals surface area contributed by atoms with Gasteiger partial charge in [-0.25, -0.2) is 9.80 Å². The Hall–Kier alpha value is -2.12. The quantitative estimate of drug-likeness (QED) is 0.521. The number of nitrogens with one attached hydrogen (secondary N) is 2. The van der Waals surface area contributed by atoms with Crippen LogP contribution in [-0.4, -0.2) is 43.6 Å². The lowest BCUT2D eigenvalue weighted by Crippen LogP contribution is -2.48. The summed E-state index contributed by atoms with van der Waals surface area (Å²) in [5.74, 6) is 1.17. The number of hydrogen-bond donors (Lipinski definition) is 3. The van der Waals surface area contributed by atoms with Crippen LogP contribution in [0.1, 0.15) is 19.3 Å². The monoisotopic (exact) mass is 320 g/mol. The summed E-state index contributed by atoms with van der Waals surface area (Å²) in [5, 5.41) is 4.69. The van der Waals surface area contributed by atoms with Crippen molar-refractivity contribution in [3.05, 3.63) is 24.3 Å². The first-order valence-electron chi connectivity index (χ1n) is 7.90. The minimum Gasteiger partial charge on any atom is -0.493 e. The van der Waals surface area contributed by atoms with Crippen LogP contribution in [0, 0.1) is 5.92 Å². The van der Waals surface area contributed by atoms with Gasteiger partial charge in [0.25, 0.3) is 0 Å². The number of ether oxygens (including phenoxy) is 1. The lowest BCUT2D eigenvalue weighted by atomic mass is 9.98. The SMILES string of the molecule is NCC1CCN(NC(=O)Nc2cccc(OCCC=O)c2)CC1. The molecular formula is C16H24N4O3. The standard InChI is InChI=1S/C16H24N4O3/c17-12-13-5-7-20(8-6-13)19-16(22)18-14-3-1-4-15(11-14)23-10-2-9-21/h1,3-4,9,11,13H,2,5-8,10,12,17H2,(H2,18,19,22). The van der Waals surface area contributed by atoms with Gasteiger partial charge in [-0.1, -0.05) is 6.07 Å². The first-order valence-corrected chi connectivity index (χ1v) is 7.90. The Kier molecular flexibility index (Phi) is 6.83. The Balaban J connectivity index is 1.78. The number of hydrazine groups is 1. The highest BCUT2D eigenvalue weighted by atomic mass is 16.5. The van der Waals surface area contributed by atoms with Gasteiger partial charge in [0.15, 0.2) is 0 Å². The van der Waals surface area contributed by atoms with Crippen molar-refractivity contribution in [3.8, 4) is 5.75 Å². The molecule has 0 atom stereocenters. The zero-order valence-corrected chi connectivity index (χ0v) is 13.2. The summed E-state index contributed by atoms with van der Waals surface area (Å²) in [7, 11) is 0. The molecule has 2 amide bonds. The van der Waals surface area contributed by atoms with Crippen LogP contribution in [-0.2, 0) is 4.79 Å². The minimum absolute atomic E-state index is 0.277. The van der Waals surface area contributed by atoms with Gasteiger partial charge in [-0.3, -0.25) is 5.43 Å². The number of piperidine rings is 1. The van der Waals surface area contributed by atoms with E-state index in [1.54, 1.807) is 24.3 Å². The van der Waals surface area contributed by atoms with Crippen molar-refractivity contribution in [1.82, 2.24) is 10.4 Å². The van der Waals surface area contributed by atoms with E-state index in [1.807, 2.05) is 5.01 Å². The second-order valence-corrected chi connectivity index (χ2v) is 5.56. The van der Waals surface area contributed by atoms with Crippen molar-refractivity contribution in [2.75, 3.05) is 31.6 Å². The van der Waals surface area contributed by atoms with Gasteiger partial charge < -0.3 is 20.6 Å². The molecule has 1 fully saturated rings. The van der Waals surface area contributed by atoms with E-state index >= 15 is 0 Å². The number of carbonyl (C=O) groups excluding carboxylic acids is 2. The van der Waals surface area contributed by atoms with Crippen LogP contribution in [0.4, 0.5) is 10.5 Å². The zero-order valence-electron chi connectivity index (χ0n) is 13.2. The van der Waals surface area contributed by atoms with Crippen LogP contribution in [0.25, 0.3) is 0 Å². The first kappa shape index (κ1) is 17.2. The largest absolute Gasteiger partial charge is 0.493 e. The number of rotatable bonds is 7. The normalized spacial score (nSPS) is 15.9. The number of anilines is 1. The molecule has 1 aliphatic heterocycles. The van der Waals surface area contributed by atoms with E-state index in [4.69, 9.17) is 10.5 Å². The number of benzene rings is 1. The maximum atomic E-state index is 12.0. The van der Waals surface area contributed by atoms with E-state index in [9.17, 15) is 9.59 Å². The Morgan fingerprint density at radius 2 is 2.17 bits per heavy atom. The Bertz CT molecular complexity index is 516. The van der Waals surface area contributed by atoms with E-state index in [0.717, 1.165) is 32.2 Å². The van der Waals surface area contributed by atoms with Crippen LogP contribution in [0.5, 0.6) is 5.75 Å². The molecule has 0 radical (unpaired) electrons. The van der Waals surface area contributed by atoms with Gasteiger partial charge in [0.1, 0.15) is 12.0 Å². The molecule has 23 heavy (non-hydrogen) atoms. The molecule has 2 rings (SSSR count). The summed E-state index contributed by atoms with van der Waals surface area (Å²) < 4.78 is 5.42. The minimum atomic E-state index is -0.277. The van der Waals surface area contributed by atoms with Gasteiger partial charge in [-0.15, -0.1) is 0 Å². The number of nitrogens with two attached hydrogens (primary N) is 1. The fraction of sp³-hybridized carbons (Fsp3) is 0.500. The van der Waals surface area contributed by atoms with Gasteiger partial charge >= 0.3 is 6.03 Å². The highest BCUT2D eigenvalue weighted by Gasteiger charge is 2.19. The summed E-state index contributed by atoms with van der Waals surface area (Å²) in [4.78, 5) is 22.3. The summed E-state index contributed by atoms with van der Waals surface area (Å²) in [6.07, 6.45) is 3.15. The smallest absolute Gasteiger partial charge is 0.333 e. The van der Waals surface area contributed by atoms with Gasteiger partial charge in [0.05, 0.1) is 6.61 Å². The van der Waals surface area contributed by atoms with Crippen LogP contribution >= 0.6 is 0 Å². The number of nitrogens with zero attached hydrogens (tertiary/aromatic N) is 1. The van der Waals surface area contributed by atoms with Gasteiger partial charge in [0.2, 0.25) is 0 Å². The average molecular weight is 320 g/mol. The molecule has 1 aromatic rings. The molecule has 0 saturated carbocycles. The molecule has 1 saturated heterocycles. The Morgan fingerprint density at radius 1 is 1.39 bits per heavy atom. The van der Waals surface area contributed by atoms with Crippen molar-refractivity contribution in [2.24, 2.45) is 11.7 Å². The summed E-state index contributed by atoms with van der Waals surface area (Å²) in [6, 6.07) is 6.81. The van der Waals surface area contributed by atoms with E-state index in [1.165, 1.54) is 0 Å². The molecular weight excluding hydrogens is 296 g/mol. The fourth-order valence-corrected chi connectivity index (χ4v) is 2.47. The lowest BCUT2D eigenvalue weighted by molar-refractivity contribution is -0.108. The first-order chi connectivity index (χ1) is 11.2. The van der Waals surface area contributed by atoms with Crippen molar-refractivity contribution < 1.29 is 14.3 Å². The molecule has 0 bridgehead atoms. The number of urea groups is 1. The van der Waals surface area contributed by atoms with E-state index in [0.29, 0.717) is 36.9 Å². The van der Waals surface area contributed by atoms with E-state index < -0.39 is 0 Å². The van der Waals surface area contributed by atoms with Crippen molar-refractivity contribution in [1.29, 1.82) is 0 Å². The zero-order chi connectivity index (χ0) is 16.5. The van der Waals surface area contributed by atoms with E-state index in [-0.39, 0.29) is 6.03 Å². The molecule has 7 nitrogen and oxygen atoms in total. The highest BCUT2D eigenvalue weighted by Crippen LogP contribution is 2.18. The Labute approximate surface area is 136 Å². The number of carbonyl (C=O) groups is 2. The summed E-state index contributed by atoms with van der Waals surface area (Å²) >= 11 is 0. The lowest BCUT2D eigenvalue weighted by Gasteiger charge is -2.31. The topological polar surface area (TPSA) is 96.7 Å². The second-order valence-electron chi connectivity index (χ2n) is 5.56. The second kappa shape index (κ2) is 9.12. The third-order valence-corrected chi connectivity index (χ3v) is 3.80. The predicted octanol–water partition coefficient (Wildman–Crippen LogP) is 1.36. The molecule has 1 aromatic carbocycles. The van der Waals surface area contributed by atoms with Crippen LogP contribution < -0.4 is 21.2 Å². The number of aldehydes is 1. The molecule has 1 heterocycles. The molecule has 1 aliphatic rings. The summed E-state index contributed by atoms with van der Waals surface area (Å²) in [5.41, 5.74) is 9.14.